The third kappa shape index (κ3) is 12.3. The van der Waals surface area contributed by atoms with Crippen LogP contribution in [0.2, 0.25) is 0 Å². The number of ether oxygens (including phenoxy) is 2. The van der Waals surface area contributed by atoms with E-state index in [2.05, 4.69) is 23.9 Å². The summed E-state index contributed by atoms with van der Waals surface area (Å²) in [6, 6.07) is 0. The lowest BCUT2D eigenvalue weighted by Crippen LogP contribution is -2.53. The van der Waals surface area contributed by atoms with E-state index in [4.69, 9.17) is 19.2 Å². The van der Waals surface area contributed by atoms with Gasteiger partial charge >= 0.3 is 21.3 Å². The van der Waals surface area contributed by atoms with Gasteiger partial charge in [0.1, 0.15) is 0 Å². The number of azide groups is 1. The molecule has 39 heavy (non-hydrogen) atoms. The monoisotopic (exact) mass is 582 g/mol. The average Bonchev–Trinajstić information content (AvgIpc) is 2.90. The predicted octanol–water partition coefficient (Wildman–Crippen LogP) is 6.55. The summed E-state index contributed by atoms with van der Waals surface area (Å²) in [4.78, 5) is 16.6. The molecule has 0 bridgehead atoms. The summed E-state index contributed by atoms with van der Waals surface area (Å²) in [7, 11) is -5.65. The highest BCUT2D eigenvalue weighted by Crippen LogP contribution is 2.34. The van der Waals surface area contributed by atoms with Gasteiger partial charge in [0.2, 0.25) is 0 Å². The van der Waals surface area contributed by atoms with Crippen molar-refractivity contribution in [3.05, 3.63) is 10.4 Å². The highest BCUT2D eigenvalue weighted by Gasteiger charge is 2.56. The number of halogens is 2. The van der Waals surface area contributed by atoms with Gasteiger partial charge in [-0.05, 0) is 32.2 Å². The van der Waals surface area contributed by atoms with Crippen LogP contribution in [0.5, 0.6) is 0 Å². The van der Waals surface area contributed by atoms with E-state index in [-0.39, 0.29) is 32.8 Å². The van der Waals surface area contributed by atoms with E-state index >= 15 is 8.78 Å². The first-order valence-electron chi connectivity index (χ1n) is 14.2. The van der Waals surface area contributed by atoms with E-state index in [1.807, 2.05) is 0 Å². The first kappa shape index (κ1) is 35.5. The Labute approximate surface area is 232 Å². The molecular weight excluding hydrogens is 534 g/mol. The van der Waals surface area contributed by atoms with E-state index in [0.29, 0.717) is 12.8 Å². The molecule has 0 radical (unpaired) electrons. The Morgan fingerprint density at radius 1 is 0.949 bits per heavy atom. The molecule has 1 heterocycles. The van der Waals surface area contributed by atoms with Gasteiger partial charge in [0.25, 0.3) is 0 Å². The number of carbonyl (C=O) groups excluding carboxylic acids is 1. The Hall–Kier alpha value is -1.53. The third-order valence-corrected chi connectivity index (χ3v) is 8.09. The Morgan fingerprint density at radius 3 is 1.87 bits per heavy atom. The molecule has 0 saturated carbocycles. The zero-order valence-corrected chi connectivity index (χ0v) is 24.9. The number of hydrogen-bond donors (Lipinski definition) is 0. The fraction of sp³-hybridized carbons (Fsp3) is 0.962. The molecule has 0 N–H and O–H groups in total. The summed E-state index contributed by atoms with van der Waals surface area (Å²) in [5.74, 6) is -2.75. The lowest BCUT2D eigenvalue weighted by atomic mass is 9.90. The number of nitrogens with zero attached hydrogens (tertiary/aromatic N) is 4. The number of amides is 1. The van der Waals surface area contributed by atoms with Gasteiger partial charge < -0.3 is 14.4 Å². The molecule has 1 saturated heterocycles. The van der Waals surface area contributed by atoms with Crippen molar-refractivity contribution >= 4 is 16.0 Å². The second-order valence-electron chi connectivity index (χ2n) is 10.9. The molecule has 0 atom stereocenters. The molecule has 1 rings (SSSR count). The Kier molecular flexibility index (Phi) is 15.8. The highest BCUT2D eigenvalue weighted by atomic mass is 32.2. The largest absolute Gasteiger partial charge is 0.447 e. The van der Waals surface area contributed by atoms with E-state index < -0.39 is 39.1 Å². The number of alkyl halides is 2. The van der Waals surface area contributed by atoms with Crippen molar-refractivity contribution in [3.8, 4) is 0 Å². The topological polar surface area (TPSA) is 131 Å². The van der Waals surface area contributed by atoms with Gasteiger partial charge in [-0.2, -0.15) is 17.2 Å². The van der Waals surface area contributed by atoms with Crippen LogP contribution >= 0.6 is 0 Å². The summed E-state index contributed by atoms with van der Waals surface area (Å²) in [5, 5.41) is -1.33. The molecule has 228 valence electrons. The number of hydrogen-bond acceptors (Lipinski definition) is 7. The Morgan fingerprint density at radius 2 is 1.41 bits per heavy atom. The van der Waals surface area contributed by atoms with Crippen molar-refractivity contribution in [2.24, 2.45) is 10.5 Å². The van der Waals surface area contributed by atoms with E-state index in [1.54, 1.807) is 13.8 Å². The van der Waals surface area contributed by atoms with Crippen molar-refractivity contribution in [1.29, 1.82) is 0 Å². The highest BCUT2D eigenvalue weighted by molar-refractivity contribution is 7.88. The molecule has 0 aliphatic carbocycles. The van der Waals surface area contributed by atoms with Crippen LogP contribution in [0.15, 0.2) is 5.11 Å². The van der Waals surface area contributed by atoms with E-state index in [9.17, 15) is 13.2 Å². The summed E-state index contributed by atoms with van der Waals surface area (Å²) in [5.41, 5.74) is 7.41. The molecule has 0 spiro atoms. The zero-order valence-electron chi connectivity index (χ0n) is 24.1. The second-order valence-corrected chi connectivity index (χ2v) is 12.6. The maximum atomic E-state index is 15.2. The normalized spacial score (nSPS) is 17.0. The minimum atomic E-state index is -5.65. The summed E-state index contributed by atoms with van der Waals surface area (Å²) in [6.07, 6.45) is 10.8. The van der Waals surface area contributed by atoms with Crippen molar-refractivity contribution in [2.45, 2.75) is 116 Å². The fourth-order valence-electron chi connectivity index (χ4n) is 4.19. The van der Waals surface area contributed by atoms with Gasteiger partial charge in [0.05, 0.1) is 19.8 Å². The van der Waals surface area contributed by atoms with Gasteiger partial charge in [-0.3, -0.25) is 8.98 Å². The average molecular weight is 583 g/mol. The van der Waals surface area contributed by atoms with Crippen molar-refractivity contribution in [3.63, 3.8) is 0 Å². The Balaban J connectivity index is 2.91. The molecule has 1 amide bonds. The standard InChI is InChI=1S/C26H48F2N4O6S/c1-5-7-9-11-13-15-17-32(18-16-14-12-10-8-6-2)23(33)26(27,28)39(34,35)38-22-25(19-30-31-29)20-36-24(3,4)37-21-25/h5-22H2,1-4H3. The molecule has 1 aliphatic rings. The minimum Gasteiger partial charge on any atom is -0.350 e. The van der Waals surface area contributed by atoms with Crippen LogP contribution in [0.25, 0.3) is 10.4 Å². The van der Waals surface area contributed by atoms with Crippen molar-refractivity contribution in [2.75, 3.05) is 39.5 Å². The van der Waals surface area contributed by atoms with Gasteiger partial charge in [0, 0.05) is 30.0 Å². The molecule has 1 aliphatic heterocycles. The maximum Gasteiger partial charge on any atom is 0.447 e. The molecule has 13 heteroatoms. The van der Waals surface area contributed by atoms with Crippen LogP contribution in [0.4, 0.5) is 8.78 Å². The molecule has 0 aromatic heterocycles. The number of unbranched alkanes of at least 4 members (excludes halogenated alkanes) is 10. The molecule has 10 nitrogen and oxygen atoms in total. The lowest BCUT2D eigenvalue weighted by molar-refractivity contribution is -0.286. The van der Waals surface area contributed by atoms with E-state index in [1.165, 1.54) is 0 Å². The van der Waals surface area contributed by atoms with Gasteiger partial charge in [0.15, 0.2) is 5.79 Å². The molecule has 0 unspecified atom stereocenters. The first-order valence-corrected chi connectivity index (χ1v) is 15.6. The fourth-order valence-corrected chi connectivity index (χ4v) is 5.08. The molecule has 0 aromatic rings. The van der Waals surface area contributed by atoms with Gasteiger partial charge in [-0.1, -0.05) is 83.2 Å². The molecular formula is C26H48F2N4O6S. The van der Waals surface area contributed by atoms with Gasteiger partial charge in [-0.25, -0.2) is 0 Å². The van der Waals surface area contributed by atoms with E-state index in [0.717, 1.165) is 69.1 Å². The third-order valence-electron chi connectivity index (χ3n) is 6.85. The summed E-state index contributed by atoms with van der Waals surface area (Å²) >= 11 is 0. The van der Waals surface area contributed by atoms with Crippen LogP contribution in [-0.4, -0.2) is 69.7 Å². The minimum absolute atomic E-state index is 0.0581. The van der Waals surface area contributed by atoms with Crippen LogP contribution < -0.4 is 0 Å². The second kappa shape index (κ2) is 17.3. The molecule has 1 fully saturated rings. The zero-order chi connectivity index (χ0) is 29.4. The summed E-state index contributed by atoms with van der Waals surface area (Å²) < 4.78 is 71.6. The predicted molar refractivity (Wildman–Crippen MR) is 146 cm³/mol. The quantitative estimate of drug-likeness (QED) is 0.0495. The van der Waals surface area contributed by atoms with Crippen LogP contribution in [-0.2, 0) is 28.6 Å². The Bertz CT molecular complexity index is 856. The number of rotatable bonds is 21. The van der Waals surface area contributed by atoms with Crippen LogP contribution in [0.1, 0.15) is 105 Å². The number of carbonyl (C=O) groups is 1. The van der Waals surface area contributed by atoms with Gasteiger partial charge in [-0.15, -0.1) is 0 Å². The van der Waals surface area contributed by atoms with Crippen molar-refractivity contribution in [1.82, 2.24) is 4.90 Å². The SMILES string of the molecule is CCCCCCCCN(CCCCCCCC)C(=O)C(F)(F)S(=O)(=O)OCC1(CN=[N+]=[N-])COC(C)(C)OC1. The maximum absolute atomic E-state index is 15.2. The molecule has 0 aromatic carbocycles. The van der Waals surface area contributed by atoms with Crippen molar-refractivity contribution < 1.29 is 35.6 Å². The van der Waals surface area contributed by atoms with Crippen LogP contribution in [0, 0.1) is 5.41 Å². The smallest absolute Gasteiger partial charge is 0.350 e. The van der Waals surface area contributed by atoms with Crippen LogP contribution in [0.3, 0.4) is 0 Å². The summed E-state index contributed by atoms with van der Waals surface area (Å²) in [6.45, 7) is 6.21. The first-order chi connectivity index (χ1) is 18.4. The lowest BCUT2D eigenvalue weighted by Gasteiger charge is -2.42.